The van der Waals surface area contributed by atoms with Gasteiger partial charge >= 0.3 is 18.9 Å². The maximum absolute atomic E-state index is 9.19. The molecule has 0 aliphatic rings. The third-order valence-corrected chi connectivity index (χ3v) is 0. The fraction of sp³-hybridized carbons (Fsp3) is 0. The van der Waals surface area contributed by atoms with E-state index in [1.165, 1.54) is 0 Å². The summed E-state index contributed by atoms with van der Waals surface area (Å²) in [6.45, 7) is 0. The van der Waals surface area contributed by atoms with E-state index in [2.05, 4.69) is 10.3 Å². The first-order chi connectivity index (χ1) is 2.00. The molecule has 0 aromatic heterocycles. The van der Waals surface area contributed by atoms with Gasteiger partial charge in [0, 0.05) is 0 Å². The quantitative estimate of drug-likeness (QED) is 0.333. The summed E-state index contributed by atoms with van der Waals surface area (Å²) >= 11 is 0. The van der Waals surface area contributed by atoms with E-state index in [1.54, 1.807) is 0 Å². The van der Waals surface area contributed by atoms with Gasteiger partial charge < -0.3 is 0 Å². The first kappa shape index (κ1) is 9.69. The van der Waals surface area contributed by atoms with Crippen LogP contribution < -0.4 is 10.3 Å². The first-order valence-electron chi connectivity index (χ1n) is 0.805. The molecule has 0 rings (SSSR count). The zero-order valence-electron chi connectivity index (χ0n) is 2.38. The summed E-state index contributed by atoms with van der Waals surface area (Å²) in [4.78, 5) is 0. The fourth-order valence-corrected chi connectivity index (χ4v) is 0. The minimum atomic E-state index is -3.67. The number of rotatable bonds is 0. The Morgan fingerprint density at radius 1 is 1.17 bits per heavy atom. The third kappa shape index (κ3) is 246. The van der Waals surface area contributed by atoms with Gasteiger partial charge in [0.05, 0.1) is 0 Å². The topological polar surface area (TPSA) is 86.2 Å². The molecular weight excluding hydrogens is 99.0 g/mol. The van der Waals surface area contributed by atoms with E-state index in [0.29, 0.717) is 0 Å². The van der Waals surface area contributed by atoms with Gasteiger partial charge in [0.1, 0.15) is 0 Å². The number of hydrogen-bond donors (Lipinski definition) is 2. The Bertz CT molecular complexity index is 94.7. The average molecular weight is 104 g/mol. The molecule has 0 saturated heterocycles. The fourth-order valence-electron chi connectivity index (χ4n) is 0. The van der Waals surface area contributed by atoms with Crippen molar-refractivity contribution in [2.75, 3.05) is 0 Å². The van der Waals surface area contributed by atoms with Crippen LogP contribution in [0.3, 0.4) is 0 Å². The SMILES string of the molecule is NS(N)(=O)=O.[LiH]. The molecule has 0 spiro atoms. The molecule has 0 aromatic rings. The summed E-state index contributed by atoms with van der Waals surface area (Å²) in [7, 11) is -3.67. The van der Waals surface area contributed by atoms with Gasteiger partial charge in [-0.1, -0.05) is 0 Å². The van der Waals surface area contributed by atoms with Crippen LogP contribution in [0.1, 0.15) is 0 Å². The molecule has 6 heavy (non-hydrogen) atoms. The Balaban J connectivity index is 0. The molecule has 0 radical (unpaired) electrons. The van der Waals surface area contributed by atoms with Crippen LogP contribution in [-0.2, 0) is 10.2 Å². The Labute approximate surface area is 48.2 Å². The Hall–Kier alpha value is 0.467. The predicted octanol–water partition coefficient (Wildman–Crippen LogP) is -2.50. The van der Waals surface area contributed by atoms with Crippen molar-refractivity contribution < 1.29 is 8.42 Å². The monoisotopic (exact) mass is 104 g/mol. The predicted molar refractivity (Wildman–Crippen MR) is 24.4 cm³/mol. The second-order valence-corrected chi connectivity index (χ2v) is 1.77. The van der Waals surface area contributed by atoms with Crippen LogP contribution >= 0.6 is 0 Å². The Morgan fingerprint density at radius 2 is 1.17 bits per heavy atom. The van der Waals surface area contributed by atoms with Gasteiger partial charge in [-0.15, -0.1) is 0 Å². The second kappa shape index (κ2) is 2.61. The van der Waals surface area contributed by atoms with E-state index in [-0.39, 0.29) is 18.9 Å². The molecule has 0 amide bonds. The standard InChI is InChI=1S/Li.H4N2O2S.H/c;1-5(2,3)4;/h;(H4,1,2,3,4);. The number of nitrogens with two attached hydrogens (primary N) is 2. The van der Waals surface area contributed by atoms with E-state index in [1.807, 2.05) is 0 Å². The summed E-state index contributed by atoms with van der Waals surface area (Å²) in [6.07, 6.45) is 0. The van der Waals surface area contributed by atoms with Crippen LogP contribution in [0, 0.1) is 0 Å². The van der Waals surface area contributed by atoms with Crippen LogP contribution in [0.15, 0.2) is 0 Å². The van der Waals surface area contributed by atoms with Gasteiger partial charge in [0.2, 0.25) is 0 Å². The molecule has 34 valence electrons. The molecule has 0 saturated carbocycles. The molecule has 0 unspecified atom stereocenters. The third-order valence-electron chi connectivity index (χ3n) is 0. The van der Waals surface area contributed by atoms with Crippen molar-refractivity contribution in [2.24, 2.45) is 10.3 Å². The summed E-state index contributed by atoms with van der Waals surface area (Å²) < 4.78 is 18.4. The normalized spacial score (nSPS) is 9.67. The molecule has 0 aromatic carbocycles. The van der Waals surface area contributed by atoms with E-state index in [0.717, 1.165) is 0 Å². The molecular formula is H5LiN2O2S. The molecule has 0 fully saturated rings. The Kier molecular flexibility index (Phi) is 4.21. The van der Waals surface area contributed by atoms with Crippen molar-refractivity contribution in [3.05, 3.63) is 0 Å². The van der Waals surface area contributed by atoms with E-state index in [9.17, 15) is 8.42 Å². The van der Waals surface area contributed by atoms with Crippen LogP contribution in [0.4, 0.5) is 0 Å². The average Bonchev–Trinajstić information content (AvgIpc) is 0.722. The molecule has 0 heterocycles. The van der Waals surface area contributed by atoms with Gasteiger partial charge in [0.15, 0.2) is 0 Å². The molecule has 4 nitrogen and oxygen atoms in total. The van der Waals surface area contributed by atoms with Crippen LogP contribution in [0.5, 0.6) is 0 Å². The van der Waals surface area contributed by atoms with Crippen LogP contribution in [-0.4, -0.2) is 27.3 Å². The summed E-state index contributed by atoms with van der Waals surface area (Å²) in [5, 5.41) is 8.21. The van der Waals surface area contributed by atoms with Gasteiger partial charge in [-0.25, -0.2) is 10.3 Å². The molecule has 6 heteroatoms. The minimum absolute atomic E-state index is 0. The van der Waals surface area contributed by atoms with Crippen LogP contribution in [0.2, 0.25) is 0 Å². The molecule has 4 N–H and O–H groups in total. The summed E-state index contributed by atoms with van der Waals surface area (Å²) in [6, 6.07) is 0. The Morgan fingerprint density at radius 3 is 1.17 bits per heavy atom. The van der Waals surface area contributed by atoms with Crippen molar-refractivity contribution >= 4 is 29.1 Å². The second-order valence-electron chi connectivity index (χ2n) is 0.589. The molecule has 0 atom stereocenters. The van der Waals surface area contributed by atoms with E-state index < -0.39 is 10.2 Å². The van der Waals surface area contributed by atoms with Crippen molar-refractivity contribution in [1.29, 1.82) is 0 Å². The van der Waals surface area contributed by atoms with Gasteiger partial charge in [-0.2, -0.15) is 8.42 Å². The molecule has 0 aliphatic heterocycles. The van der Waals surface area contributed by atoms with E-state index >= 15 is 0 Å². The summed E-state index contributed by atoms with van der Waals surface area (Å²) in [5.74, 6) is 0. The zero-order chi connectivity index (χ0) is 4.50. The van der Waals surface area contributed by atoms with Gasteiger partial charge in [0.25, 0.3) is 10.2 Å². The van der Waals surface area contributed by atoms with Gasteiger partial charge in [-0.3, -0.25) is 0 Å². The number of hydrogen-bond acceptors (Lipinski definition) is 2. The first-order valence-corrected chi connectivity index (χ1v) is 2.41. The summed E-state index contributed by atoms with van der Waals surface area (Å²) in [5.41, 5.74) is 0. The van der Waals surface area contributed by atoms with Crippen molar-refractivity contribution in [3.8, 4) is 0 Å². The van der Waals surface area contributed by atoms with E-state index in [4.69, 9.17) is 0 Å². The molecule has 0 aliphatic carbocycles. The maximum atomic E-state index is 9.19. The van der Waals surface area contributed by atoms with Crippen molar-refractivity contribution in [1.82, 2.24) is 0 Å². The van der Waals surface area contributed by atoms with Crippen molar-refractivity contribution in [2.45, 2.75) is 0 Å². The molecule has 0 bridgehead atoms. The van der Waals surface area contributed by atoms with Gasteiger partial charge in [-0.05, 0) is 0 Å². The van der Waals surface area contributed by atoms with Crippen LogP contribution in [0.25, 0.3) is 0 Å². The van der Waals surface area contributed by atoms with Crippen molar-refractivity contribution in [3.63, 3.8) is 0 Å². The zero-order valence-corrected chi connectivity index (χ0v) is 3.20.